The summed E-state index contributed by atoms with van der Waals surface area (Å²) in [6.07, 6.45) is 6.51. The van der Waals surface area contributed by atoms with Crippen LogP contribution in [0.2, 0.25) is 0 Å². The van der Waals surface area contributed by atoms with Crippen LogP contribution in [0.1, 0.15) is 42.5 Å². The molecule has 0 bridgehead atoms. The zero-order valence-electron chi connectivity index (χ0n) is 13.8. The van der Waals surface area contributed by atoms with Crippen LogP contribution in [0.15, 0.2) is 30.3 Å². The van der Waals surface area contributed by atoms with Gasteiger partial charge < -0.3 is 10.6 Å². The molecule has 3 aliphatic rings. The average Bonchev–Trinajstić information content (AvgIpc) is 3.03. The van der Waals surface area contributed by atoms with Gasteiger partial charge in [0, 0.05) is 43.8 Å². The molecule has 1 saturated carbocycles. The minimum absolute atomic E-state index is 0.0700. The molecule has 4 rings (SSSR count). The van der Waals surface area contributed by atoms with Crippen LogP contribution >= 0.6 is 0 Å². The number of nitrogens with one attached hydrogen (secondary N) is 2. The largest absolute Gasteiger partial charge is 0.348 e. The Balaban J connectivity index is 1.27. The molecule has 0 aromatic heterocycles. The molecule has 1 aliphatic carbocycles. The van der Waals surface area contributed by atoms with Crippen molar-refractivity contribution < 1.29 is 4.79 Å². The first kappa shape index (κ1) is 15.2. The highest BCUT2D eigenvalue weighted by atomic mass is 16.1. The molecule has 0 radical (unpaired) electrons. The number of hydrogen-bond acceptors (Lipinski definition) is 3. The zero-order chi connectivity index (χ0) is 15.7. The molecular weight excluding hydrogens is 286 g/mol. The molecule has 23 heavy (non-hydrogen) atoms. The van der Waals surface area contributed by atoms with E-state index in [9.17, 15) is 4.79 Å². The molecule has 2 aliphatic heterocycles. The maximum Gasteiger partial charge on any atom is 0.251 e. The first-order chi connectivity index (χ1) is 11.2. The van der Waals surface area contributed by atoms with Gasteiger partial charge in [-0.3, -0.25) is 9.69 Å². The molecule has 3 fully saturated rings. The normalized spacial score (nSPS) is 27.7. The van der Waals surface area contributed by atoms with Gasteiger partial charge in [0.25, 0.3) is 5.91 Å². The topological polar surface area (TPSA) is 44.4 Å². The zero-order valence-corrected chi connectivity index (χ0v) is 13.8. The third-order valence-corrected chi connectivity index (χ3v) is 6.12. The smallest absolute Gasteiger partial charge is 0.251 e. The van der Waals surface area contributed by atoms with E-state index in [1.165, 1.54) is 38.8 Å². The number of rotatable bonds is 3. The summed E-state index contributed by atoms with van der Waals surface area (Å²) >= 11 is 0. The van der Waals surface area contributed by atoms with Crippen molar-refractivity contribution in [1.29, 1.82) is 0 Å². The van der Waals surface area contributed by atoms with E-state index in [0.717, 1.165) is 31.1 Å². The Morgan fingerprint density at radius 2 is 1.87 bits per heavy atom. The lowest BCUT2D eigenvalue weighted by Gasteiger charge is -2.48. The van der Waals surface area contributed by atoms with Gasteiger partial charge in [-0.25, -0.2) is 0 Å². The Kier molecular flexibility index (Phi) is 4.12. The summed E-state index contributed by atoms with van der Waals surface area (Å²) in [5, 5.41) is 6.65. The Morgan fingerprint density at radius 3 is 2.52 bits per heavy atom. The Hall–Kier alpha value is -1.39. The number of hydrogen-bond donors (Lipinski definition) is 2. The summed E-state index contributed by atoms with van der Waals surface area (Å²) in [4.78, 5) is 14.9. The molecule has 1 amide bonds. The van der Waals surface area contributed by atoms with Gasteiger partial charge in [0.15, 0.2) is 0 Å². The maximum atomic E-state index is 12.3. The minimum atomic E-state index is 0.0700. The standard InChI is InChI=1S/C19H27N3O/c23-18(15-4-2-1-3-5-15)21-16-8-11-22(12-16)17-6-9-19(10-7-17)13-20-14-19/h1-5,16-17,20H,6-14H2,(H,21,23)/t16-/m0/s1. The number of likely N-dealkylation sites (tertiary alicyclic amines) is 1. The van der Waals surface area contributed by atoms with Crippen molar-refractivity contribution in [2.75, 3.05) is 26.2 Å². The van der Waals surface area contributed by atoms with Crippen molar-refractivity contribution in [3.63, 3.8) is 0 Å². The fourth-order valence-corrected chi connectivity index (χ4v) is 4.51. The predicted molar refractivity (Wildman–Crippen MR) is 91.4 cm³/mol. The van der Waals surface area contributed by atoms with Crippen molar-refractivity contribution in [1.82, 2.24) is 15.5 Å². The van der Waals surface area contributed by atoms with Gasteiger partial charge in [0.2, 0.25) is 0 Å². The molecule has 0 unspecified atom stereocenters. The van der Waals surface area contributed by atoms with Crippen molar-refractivity contribution in [2.24, 2.45) is 5.41 Å². The van der Waals surface area contributed by atoms with Crippen LogP contribution in [-0.2, 0) is 0 Å². The van der Waals surface area contributed by atoms with Crippen LogP contribution in [0.4, 0.5) is 0 Å². The van der Waals surface area contributed by atoms with Crippen LogP contribution in [0.25, 0.3) is 0 Å². The van der Waals surface area contributed by atoms with Crippen molar-refractivity contribution >= 4 is 5.91 Å². The molecule has 4 nitrogen and oxygen atoms in total. The lowest BCUT2D eigenvalue weighted by Crippen LogP contribution is -2.56. The summed E-state index contributed by atoms with van der Waals surface area (Å²) in [7, 11) is 0. The van der Waals surface area contributed by atoms with Gasteiger partial charge >= 0.3 is 0 Å². The van der Waals surface area contributed by atoms with E-state index in [1.807, 2.05) is 30.3 Å². The molecule has 1 spiro atoms. The van der Waals surface area contributed by atoms with Crippen LogP contribution in [0.5, 0.6) is 0 Å². The molecule has 124 valence electrons. The van der Waals surface area contributed by atoms with E-state index < -0.39 is 0 Å². The number of amides is 1. The molecule has 2 saturated heterocycles. The summed E-state index contributed by atoms with van der Waals surface area (Å²) in [6, 6.07) is 10.6. The number of nitrogens with zero attached hydrogens (tertiary/aromatic N) is 1. The predicted octanol–water partition coefficient (Wildman–Crippen LogP) is 2.02. The second kappa shape index (κ2) is 6.25. The van der Waals surface area contributed by atoms with Crippen molar-refractivity contribution in [3.8, 4) is 0 Å². The lowest BCUT2D eigenvalue weighted by atomic mass is 9.68. The van der Waals surface area contributed by atoms with Crippen LogP contribution in [0, 0.1) is 5.41 Å². The molecule has 2 heterocycles. The number of carbonyl (C=O) groups excluding carboxylic acids is 1. The Morgan fingerprint density at radius 1 is 1.13 bits per heavy atom. The summed E-state index contributed by atoms with van der Waals surface area (Å²) in [5.74, 6) is 0.0700. The van der Waals surface area contributed by atoms with E-state index >= 15 is 0 Å². The van der Waals surface area contributed by atoms with Crippen molar-refractivity contribution in [3.05, 3.63) is 35.9 Å². The van der Waals surface area contributed by atoms with Crippen LogP contribution < -0.4 is 10.6 Å². The number of carbonyl (C=O) groups is 1. The fraction of sp³-hybridized carbons (Fsp3) is 0.632. The van der Waals surface area contributed by atoms with E-state index in [4.69, 9.17) is 0 Å². The van der Waals surface area contributed by atoms with Gasteiger partial charge in [-0.2, -0.15) is 0 Å². The van der Waals surface area contributed by atoms with E-state index in [0.29, 0.717) is 11.5 Å². The summed E-state index contributed by atoms with van der Waals surface area (Å²) < 4.78 is 0. The van der Waals surface area contributed by atoms with E-state index in [1.54, 1.807) is 0 Å². The van der Waals surface area contributed by atoms with Gasteiger partial charge in [-0.15, -0.1) is 0 Å². The monoisotopic (exact) mass is 313 g/mol. The Bertz CT molecular complexity index is 545. The first-order valence-corrected chi connectivity index (χ1v) is 9.05. The third-order valence-electron chi connectivity index (χ3n) is 6.12. The molecule has 4 heteroatoms. The average molecular weight is 313 g/mol. The van der Waals surface area contributed by atoms with Crippen LogP contribution in [-0.4, -0.2) is 49.1 Å². The quantitative estimate of drug-likeness (QED) is 0.897. The van der Waals surface area contributed by atoms with Gasteiger partial charge in [-0.05, 0) is 49.7 Å². The first-order valence-electron chi connectivity index (χ1n) is 9.05. The second-order valence-corrected chi connectivity index (χ2v) is 7.65. The highest BCUT2D eigenvalue weighted by Crippen LogP contribution is 2.41. The van der Waals surface area contributed by atoms with Gasteiger partial charge in [0.05, 0.1) is 0 Å². The highest BCUT2D eigenvalue weighted by molar-refractivity contribution is 5.94. The van der Waals surface area contributed by atoms with Crippen molar-refractivity contribution in [2.45, 2.75) is 44.2 Å². The molecule has 1 aromatic rings. The van der Waals surface area contributed by atoms with E-state index in [2.05, 4.69) is 15.5 Å². The molecule has 1 atom stereocenters. The molecule has 2 N–H and O–H groups in total. The lowest BCUT2D eigenvalue weighted by molar-refractivity contribution is 0.0576. The summed E-state index contributed by atoms with van der Waals surface area (Å²) in [6.45, 7) is 4.62. The SMILES string of the molecule is O=C(N[C@H]1CCN(C2CCC3(CC2)CNC3)C1)c1ccccc1. The minimum Gasteiger partial charge on any atom is -0.348 e. The number of benzene rings is 1. The van der Waals surface area contributed by atoms with Crippen LogP contribution in [0.3, 0.4) is 0 Å². The van der Waals surface area contributed by atoms with Gasteiger partial charge in [0.1, 0.15) is 0 Å². The highest BCUT2D eigenvalue weighted by Gasteiger charge is 2.42. The molecule has 1 aromatic carbocycles. The second-order valence-electron chi connectivity index (χ2n) is 7.65. The third kappa shape index (κ3) is 3.15. The Labute approximate surface area is 138 Å². The fourth-order valence-electron chi connectivity index (χ4n) is 4.51. The molecular formula is C19H27N3O. The van der Waals surface area contributed by atoms with Gasteiger partial charge in [-0.1, -0.05) is 18.2 Å². The summed E-state index contributed by atoms with van der Waals surface area (Å²) in [5.41, 5.74) is 1.40. The maximum absolute atomic E-state index is 12.3. The van der Waals surface area contributed by atoms with E-state index in [-0.39, 0.29) is 5.91 Å².